The first-order chi connectivity index (χ1) is 7.49. The number of urea groups is 1. The number of aliphatic hydroxyl groups excluding tert-OH is 1. The first-order valence-corrected chi connectivity index (χ1v) is 5.01. The lowest BCUT2D eigenvalue weighted by Gasteiger charge is -2.34. The molecule has 3 N–H and O–H groups in total. The molecule has 0 atom stereocenters. The van der Waals surface area contributed by atoms with Crippen LogP contribution >= 0.6 is 0 Å². The van der Waals surface area contributed by atoms with Crippen molar-refractivity contribution in [2.45, 2.75) is 18.9 Å². The second-order valence-corrected chi connectivity index (χ2v) is 3.96. The molecule has 0 aliphatic heterocycles. The van der Waals surface area contributed by atoms with Gasteiger partial charge in [-0.25, -0.2) is 15.1 Å². The van der Waals surface area contributed by atoms with Gasteiger partial charge in [-0.1, -0.05) is 0 Å². The third-order valence-electron chi connectivity index (χ3n) is 2.44. The first-order valence-electron chi connectivity index (χ1n) is 5.01. The smallest absolute Gasteiger partial charge is 0.341 e. The largest absolute Gasteiger partial charge is 0.479 e. The number of carboxylic acid groups (broad SMARTS) is 1. The van der Waals surface area contributed by atoms with E-state index in [0.717, 1.165) is 0 Å². The van der Waals surface area contributed by atoms with Gasteiger partial charge in [-0.3, -0.25) is 4.84 Å². The summed E-state index contributed by atoms with van der Waals surface area (Å²) in [5, 5.41) is 17.3. The Morgan fingerprint density at radius 3 is 2.62 bits per heavy atom. The van der Waals surface area contributed by atoms with Gasteiger partial charge < -0.3 is 15.1 Å². The number of hydrogen-bond acceptors (Lipinski definition) is 4. The fraction of sp³-hybridized carbons (Fsp3) is 0.778. The summed E-state index contributed by atoms with van der Waals surface area (Å²) in [6, 6.07) is -0.484. The molecule has 1 fully saturated rings. The van der Waals surface area contributed by atoms with Crippen molar-refractivity contribution in [3.8, 4) is 0 Å². The fourth-order valence-corrected chi connectivity index (χ4v) is 1.56. The highest BCUT2D eigenvalue weighted by molar-refractivity contribution is 5.73. The number of carboxylic acids is 1. The van der Waals surface area contributed by atoms with Gasteiger partial charge in [-0.15, -0.1) is 0 Å². The van der Waals surface area contributed by atoms with E-state index in [4.69, 9.17) is 10.2 Å². The Bertz CT molecular complexity index is 265. The fourth-order valence-electron chi connectivity index (χ4n) is 1.56. The molecular weight excluding hydrogens is 216 g/mol. The Morgan fingerprint density at radius 1 is 1.50 bits per heavy atom. The molecule has 0 heterocycles. The molecule has 1 aliphatic rings. The summed E-state index contributed by atoms with van der Waals surface area (Å²) in [5.74, 6) is -0.838. The van der Waals surface area contributed by atoms with Gasteiger partial charge in [0, 0.05) is 13.6 Å². The predicted molar refractivity (Wildman–Crippen MR) is 53.5 cm³/mol. The number of aliphatic hydroxyl groups is 1. The topological polar surface area (TPSA) is 99.1 Å². The number of hydroxylamine groups is 1. The van der Waals surface area contributed by atoms with E-state index in [0.29, 0.717) is 25.3 Å². The van der Waals surface area contributed by atoms with Crippen molar-refractivity contribution in [2.24, 2.45) is 5.92 Å². The molecular formula is C9H16N2O5. The average Bonchev–Trinajstić information content (AvgIpc) is 2.14. The van der Waals surface area contributed by atoms with Crippen LogP contribution in [0.2, 0.25) is 0 Å². The predicted octanol–water partition coefficient (Wildman–Crippen LogP) is -0.585. The summed E-state index contributed by atoms with van der Waals surface area (Å²) >= 11 is 0. The number of nitrogens with one attached hydrogen (secondary N) is 1. The van der Waals surface area contributed by atoms with Crippen LogP contribution < -0.4 is 5.48 Å². The Balaban J connectivity index is 2.13. The maximum absolute atomic E-state index is 11.3. The third-order valence-corrected chi connectivity index (χ3v) is 2.44. The number of hydrogen-bond donors (Lipinski definition) is 3. The zero-order valence-corrected chi connectivity index (χ0v) is 9.05. The van der Waals surface area contributed by atoms with Crippen LogP contribution in [0.4, 0.5) is 4.79 Å². The van der Waals surface area contributed by atoms with Crippen LogP contribution in [0.3, 0.4) is 0 Å². The maximum atomic E-state index is 11.3. The van der Waals surface area contributed by atoms with Gasteiger partial charge in [0.15, 0.2) is 6.61 Å². The number of nitrogens with zero attached hydrogens (tertiary/aromatic N) is 1. The van der Waals surface area contributed by atoms with Crippen LogP contribution in [0.5, 0.6) is 0 Å². The van der Waals surface area contributed by atoms with Crippen LogP contribution in [0, 0.1) is 5.92 Å². The molecule has 7 nitrogen and oxygen atoms in total. The molecule has 2 amide bonds. The van der Waals surface area contributed by atoms with E-state index in [1.54, 1.807) is 7.05 Å². The van der Waals surface area contributed by atoms with E-state index in [1.165, 1.54) is 4.90 Å². The number of carbonyl (C=O) groups excluding carboxylic acids is 1. The summed E-state index contributed by atoms with van der Waals surface area (Å²) in [7, 11) is 1.59. The van der Waals surface area contributed by atoms with Gasteiger partial charge in [-0.05, 0) is 18.8 Å². The van der Waals surface area contributed by atoms with E-state index in [2.05, 4.69) is 4.84 Å². The van der Waals surface area contributed by atoms with E-state index in [1.807, 2.05) is 5.48 Å². The van der Waals surface area contributed by atoms with Crippen molar-refractivity contribution in [1.82, 2.24) is 10.4 Å². The second-order valence-electron chi connectivity index (χ2n) is 3.96. The highest BCUT2D eigenvalue weighted by Crippen LogP contribution is 2.27. The standard InChI is InChI=1S/C9H16N2O5/c1-11(4-6-2-7(12)3-6)9(15)10-16-5-8(13)14/h6-7,12H,2-5H2,1H3,(H,10,15)(H,13,14). The lowest BCUT2D eigenvalue weighted by molar-refractivity contribution is -0.144. The zero-order valence-electron chi connectivity index (χ0n) is 9.05. The molecule has 0 unspecified atom stereocenters. The van der Waals surface area contributed by atoms with Crippen molar-refractivity contribution in [3.05, 3.63) is 0 Å². The van der Waals surface area contributed by atoms with E-state index < -0.39 is 18.6 Å². The number of aliphatic carboxylic acids is 1. The third kappa shape index (κ3) is 4.03. The number of carbonyl (C=O) groups is 2. The van der Waals surface area contributed by atoms with Crippen LogP contribution in [0.25, 0.3) is 0 Å². The van der Waals surface area contributed by atoms with E-state index in [9.17, 15) is 9.59 Å². The summed E-state index contributed by atoms with van der Waals surface area (Å²) in [5.41, 5.74) is 2.02. The number of amides is 2. The van der Waals surface area contributed by atoms with Crippen LogP contribution in [0.1, 0.15) is 12.8 Å². The summed E-state index contributed by atoms with van der Waals surface area (Å²) in [4.78, 5) is 27.3. The van der Waals surface area contributed by atoms with Crippen LogP contribution in [-0.2, 0) is 9.63 Å². The van der Waals surface area contributed by atoms with Crippen molar-refractivity contribution in [1.29, 1.82) is 0 Å². The Hall–Kier alpha value is -1.34. The quantitative estimate of drug-likeness (QED) is 0.550. The Kier molecular flexibility index (Phi) is 4.51. The van der Waals surface area contributed by atoms with Gasteiger partial charge in [0.25, 0.3) is 0 Å². The summed E-state index contributed by atoms with van der Waals surface area (Å²) in [6.07, 6.45) is 1.16. The number of rotatable bonds is 5. The van der Waals surface area contributed by atoms with Gasteiger partial charge in [0.05, 0.1) is 6.10 Å². The SMILES string of the molecule is CN(CC1CC(O)C1)C(=O)NOCC(=O)O. The maximum Gasteiger partial charge on any atom is 0.341 e. The van der Waals surface area contributed by atoms with Crippen molar-refractivity contribution in [2.75, 3.05) is 20.2 Å². The van der Waals surface area contributed by atoms with E-state index in [-0.39, 0.29) is 6.10 Å². The lowest BCUT2D eigenvalue weighted by atomic mass is 9.82. The van der Waals surface area contributed by atoms with Gasteiger partial charge in [0.2, 0.25) is 0 Å². The van der Waals surface area contributed by atoms with Crippen LogP contribution in [-0.4, -0.2) is 53.4 Å². The monoisotopic (exact) mass is 232 g/mol. The van der Waals surface area contributed by atoms with Gasteiger partial charge in [-0.2, -0.15) is 0 Å². The zero-order chi connectivity index (χ0) is 12.1. The molecule has 0 saturated heterocycles. The molecule has 1 aliphatic carbocycles. The van der Waals surface area contributed by atoms with Crippen molar-refractivity contribution >= 4 is 12.0 Å². The molecule has 0 aromatic carbocycles. The molecule has 0 aromatic heterocycles. The molecule has 0 spiro atoms. The van der Waals surface area contributed by atoms with Crippen molar-refractivity contribution < 1.29 is 24.6 Å². The molecule has 7 heteroatoms. The molecule has 92 valence electrons. The lowest BCUT2D eigenvalue weighted by Crippen LogP contribution is -2.44. The molecule has 0 bridgehead atoms. The Morgan fingerprint density at radius 2 is 2.12 bits per heavy atom. The normalized spacial score (nSPS) is 23.4. The Labute approximate surface area is 92.9 Å². The van der Waals surface area contributed by atoms with Crippen molar-refractivity contribution in [3.63, 3.8) is 0 Å². The highest BCUT2D eigenvalue weighted by atomic mass is 16.7. The average molecular weight is 232 g/mol. The molecule has 1 rings (SSSR count). The molecule has 16 heavy (non-hydrogen) atoms. The summed E-state index contributed by atoms with van der Waals surface area (Å²) < 4.78 is 0. The highest BCUT2D eigenvalue weighted by Gasteiger charge is 2.29. The van der Waals surface area contributed by atoms with E-state index >= 15 is 0 Å². The van der Waals surface area contributed by atoms with Gasteiger partial charge >= 0.3 is 12.0 Å². The molecule has 0 radical (unpaired) electrons. The van der Waals surface area contributed by atoms with Gasteiger partial charge in [0.1, 0.15) is 0 Å². The van der Waals surface area contributed by atoms with Crippen LogP contribution in [0.15, 0.2) is 0 Å². The second kappa shape index (κ2) is 5.66. The molecule has 1 saturated carbocycles. The minimum atomic E-state index is -1.15. The first kappa shape index (κ1) is 12.7. The summed E-state index contributed by atoms with van der Waals surface area (Å²) in [6.45, 7) is -0.0406. The minimum Gasteiger partial charge on any atom is -0.479 e. The molecule has 0 aromatic rings. The minimum absolute atomic E-state index is 0.246.